The van der Waals surface area contributed by atoms with Crippen LogP contribution in [0, 0.1) is 11.6 Å². The number of methoxy groups -OCH3 is 2. The van der Waals surface area contributed by atoms with E-state index in [2.05, 4.69) is 13.8 Å². The van der Waals surface area contributed by atoms with E-state index in [9.17, 15) is 8.78 Å². The molecule has 0 aliphatic rings. The molecule has 0 bridgehead atoms. The largest absolute Gasteiger partial charge is 0.496 e. The number of halogens is 2. The minimum atomic E-state index is -0.602. The van der Waals surface area contributed by atoms with Gasteiger partial charge in [-0.1, -0.05) is 26.0 Å². The number of hydrogen-bond acceptors (Lipinski definition) is 2. The van der Waals surface area contributed by atoms with Crippen LogP contribution in [-0.2, 0) is 0 Å². The second kappa shape index (κ2) is 7.27. The van der Waals surface area contributed by atoms with Gasteiger partial charge >= 0.3 is 0 Å². The molecule has 4 heteroatoms. The monoisotopic (exact) mass is 318 g/mol. The summed E-state index contributed by atoms with van der Waals surface area (Å²) in [6.07, 6.45) is 3.42. The first-order valence-corrected chi connectivity index (χ1v) is 7.34. The van der Waals surface area contributed by atoms with Crippen LogP contribution in [-0.4, -0.2) is 14.2 Å². The van der Waals surface area contributed by atoms with Gasteiger partial charge in [-0.3, -0.25) is 0 Å². The van der Waals surface area contributed by atoms with Crippen molar-refractivity contribution < 1.29 is 18.3 Å². The molecule has 0 aliphatic carbocycles. The van der Waals surface area contributed by atoms with Gasteiger partial charge in [-0.25, -0.2) is 8.78 Å². The van der Waals surface area contributed by atoms with E-state index in [0.717, 1.165) is 28.7 Å². The van der Waals surface area contributed by atoms with Gasteiger partial charge in [-0.05, 0) is 41.3 Å². The first-order valence-electron chi connectivity index (χ1n) is 7.34. The van der Waals surface area contributed by atoms with Crippen LogP contribution in [0.1, 0.15) is 36.5 Å². The number of hydrogen-bond donors (Lipinski definition) is 0. The van der Waals surface area contributed by atoms with Crippen molar-refractivity contribution in [3.63, 3.8) is 0 Å². The highest BCUT2D eigenvalue weighted by Gasteiger charge is 2.14. The lowest BCUT2D eigenvalue weighted by atomic mass is 9.98. The highest BCUT2D eigenvalue weighted by atomic mass is 19.1. The molecular weight excluding hydrogens is 298 g/mol. The first-order chi connectivity index (χ1) is 10.9. The van der Waals surface area contributed by atoms with Crippen LogP contribution in [0.5, 0.6) is 11.5 Å². The third-order valence-corrected chi connectivity index (χ3v) is 3.50. The van der Waals surface area contributed by atoms with E-state index >= 15 is 0 Å². The van der Waals surface area contributed by atoms with Crippen molar-refractivity contribution in [2.24, 2.45) is 0 Å². The van der Waals surface area contributed by atoms with Gasteiger partial charge in [0.25, 0.3) is 0 Å². The molecule has 0 atom stereocenters. The minimum Gasteiger partial charge on any atom is -0.496 e. The Hall–Kier alpha value is -2.36. The third kappa shape index (κ3) is 4.09. The van der Waals surface area contributed by atoms with E-state index in [1.807, 2.05) is 12.1 Å². The molecule has 0 spiro atoms. The molecule has 0 aromatic heterocycles. The van der Waals surface area contributed by atoms with Crippen molar-refractivity contribution >= 4 is 12.2 Å². The molecule has 0 saturated carbocycles. The zero-order valence-corrected chi connectivity index (χ0v) is 13.7. The Kier molecular flexibility index (Phi) is 5.37. The fourth-order valence-electron chi connectivity index (χ4n) is 2.49. The van der Waals surface area contributed by atoms with Crippen LogP contribution in [0.4, 0.5) is 8.78 Å². The fraction of sp³-hybridized carbons (Fsp3) is 0.263. The van der Waals surface area contributed by atoms with Crippen LogP contribution in [0.3, 0.4) is 0 Å². The molecular formula is C19H20F2O2. The molecule has 23 heavy (non-hydrogen) atoms. The molecule has 122 valence electrons. The highest BCUT2D eigenvalue weighted by Crippen LogP contribution is 2.36. The smallest absolute Gasteiger partial charge is 0.126 e. The molecule has 0 N–H and O–H groups in total. The maximum absolute atomic E-state index is 13.2. The van der Waals surface area contributed by atoms with Crippen molar-refractivity contribution in [1.29, 1.82) is 0 Å². The quantitative estimate of drug-likeness (QED) is 0.699. The lowest BCUT2D eigenvalue weighted by Gasteiger charge is -2.17. The van der Waals surface area contributed by atoms with Crippen molar-refractivity contribution in [3.8, 4) is 11.5 Å². The van der Waals surface area contributed by atoms with Gasteiger partial charge in [-0.2, -0.15) is 0 Å². The van der Waals surface area contributed by atoms with Gasteiger partial charge in [-0.15, -0.1) is 0 Å². The Balaban J connectivity index is 2.41. The predicted octanol–water partition coefficient (Wildman–Crippen LogP) is 5.28. The lowest BCUT2D eigenvalue weighted by Crippen LogP contribution is -1.99. The summed E-state index contributed by atoms with van der Waals surface area (Å²) >= 11 is 0. The van der Waals surface area contributed by atoms with Gasteiger partial charge in [0.05, 0.1) is 14.2 Å². The average molecular weight is 318 g/mol. The summed E-state index contributed by atoms with van der Waals surface area (Å²) in [5, 5.41) is 0. The van der Waals surface area contributed by atoms with Crippen molar-refractivity contribution in [3.05, 3.63) is 58.7 Å². The molecule has 0 radical (unpaired) electrons. The first kappa shape index (κ1) is 17.0. The van der Waals surface area contributed by atoms with E-state index in [1.165, 1.54) is 12.1 Å². The SMILES string of the molecule is COc1cc(C=Cc2cc(F)cc(F)c2)cc(OC)c1C(C)C. The highest BCUT2D eigenvalue weighted by molar-refractivity contribution is 5.72. The van der Waals surface area contributed by atoms with Crippen LogP contribution >= 0.6 is 0 Å². The van der Waals surface area contributed by atoms with E-state index in [4.69, 9.17) is 9.47 Å². The van der Waals surface area contributed by atoms with E-state index < -0.39 is 11.6 Å². The molecule has 0 saturated heterocycles. The summed E-state index contributed by atoms with van der Waals surface area (Å²) in [4.78, 5) is 0. The summed E-state index contributed by atoms with van der Waals surface area (Å²) in [6.45, 7) is 4.12. The fourth-order valence-corrected chi connectivity index (χ4v) is 2.49. The standard InChI is InChI=1S/C19H20F2O2/c1-12(2)19-17(22-3)9-14(10-18(19)23-4)6-5-13-7-15(20)11-16(21)8-13/h5-12H,1-4H3. The molecule has 2 nitrogen and oxygen atoms in total. The molecule has 2 aromatic rings. The molecule has 2 rings (SSSR count). The van der Waals surface area contributed by atoms with Gasteiger partial charge in [0.15, 0.2) is 0 Å². The number of rotatable bonds is 5. The van der Waals surface area contributed by atoms with E-state index in [-0.39, 0.29) is 5.92 Å². The number of benzene rings is 2. The summed E-state index contributed by atoms with van der Waals surface area (Å²) in [7, 11) is 3.21. The summed E-state index contributed by atoms with van der Waals surface area (Å²) < 4.78 is 37.3. The van der Waals surface area contributed by atoms with Gasteiger partial charge in [0.2, 0.25) is 0 Å². The topological polar surface area (TPSA) is 18.5 Å². The van der Waals surface area contributed by atoms with Crippen molar-refractivity contribution in [1.82, 2.24) is 0 Å². The van der Waals surface area contributed by atoms with Crippen LogP contribution in [0.15, 0.2) is 30.3 Å². The second-order valence-electron chi connectivity index (χ2n) is 5.53. The Morgan fingerprint density at radius 1 is 0.783 bits per heavy atom. The van der Waals surface area contributed by atoms with Gasteiger partial charge < -0.3 is 9.47 Å². The second-order valence-corrected chi connectivity index (χ2v) is 5.53. The maximum atomic E-state index is 13.2. The minimum absolute atomic E-state index is 0.246. The molecule has 0 unspecified atom stereocenters. The number of ether oxygens (including phenoxy) is 2. The summed E-state index contributed by atoms with van der Waals surface area (Å²) in [6, 6.07) is 7.15. The molecule has 0 amide bonds. The molecule has 2 aromatic carbocycles. The van der Waals surface area contributed by atoms with Gasteiger partial charge in [0.1, 0.15) is 23.1 Å². The normalized spacial score (nSPS) is 11.3. The molecule has 0 heterocycles. The predicted molar refractivity (Wildman–Crippen MR) is 88.9 cm³/mol. The van der Waals surface area contributed by atoms with Gasteiger partial charge in [0, 0.05) is 11.6 Å². The Labute approximate surface area is 135 Å². The Morgan fingerprint density at radius 2 is 1.22 bits per heavy atom. The van der Waals surface area contributed by atoms with E-state index in [1.54, 1.807) is 26.4 Å². The molecule has 0 aliphatic heterocycles. The van der Waals surface area contributed by atoms with Crippen LogP contribution in [0.25, 0.3) is 12.2 Å². The van der Waals surface area contributed by atoms with Crippen LogP contribution < -0.4 is 9.47 Å². The summed E-state index contributed by atoms with van der Waals surface area (Å²) in [5.74, 6) is 0.494. The zero-order valence-electron chi connectivity index (χ0n) is 13.7. The third-order valence-electron chi connectivity index (χ3n) is 3.50. The van der Waals surface area contributed by atoms with Crippen LogP contribution in [0.2, 0.25) is 0 Å². The Morgan fingerprint density at radius 3 is 1.61 bits per heavy atom. The summed E-state index contributed by atoms with van der Waals surface area (Å²) in [5.41, 5.74) is 2.27. The lowest BCUT2D eigenvalue weighted by molar-refractivity contribution is 0.382. The zero-order chi connectivity index (χ0) is 17.0. The average Bonchev–Trinajstić information content (AvgIpc) is 2.50. The maximum Gasteiger partial charge on any atom is 0.126 e. The Bertz CT molecular complexity index is 676. The van der Waals surface area contributed by atoms with Crippen molar-refractivity contribution in [2.45, 2.75) is 19.8 Å². The molecule has 0 fully saturated rings. The van der Waals surface area contributed by atoms with E-state index in [0.29, 0.717) is 5.56 Å². The van der Waals surface area contributed by atoms with Crippen molar-refractivity contribution in [2.75, 3.05) is 14.2 Å².